The van der Waals surface area contributed by atoms with Crippen LogP contribution in [0.25, 0.3) is 16.9 Å². The van der Waals surface area contributed by atoms with Gasteiger partial charge in [-0.15, -0.1) is 5.10 Å². The number of benzene rings is 1. The highest BCUT2D eigenvalue weighted by molar-refractivity contribution is 6.32. The third-order valence-electron chi connectivity index (χ3n) is 3.18. The van der Waals surface area contributed by atoms with Gasteiger partial charge in [-0.3, -0.25) is 4.79 Å². The van der Waals surface area contributed by atoms with Crippen molar-refractivity contribution in [2.75, 3.05) is 0 Å². The van der Waals surface area contributed by atoms with Gasteiger partial charge in [0.05, 0.1) is 0 Å². The topological polar surface area (TPSA) is 56.5 Å². The number of carbonyl (C=O) groups is 1. The third kappa shape index (κ3) is 2.94. The molecule has 3 rings (SSSR count). The zero-order chi connectivity index (χ0) is 15.7. The maximum Gasteiger partial charge on any atom is 0.302 e. The van der Waals surface area contributed by atoms with Crippen molar-refractivity contribution in [1.82, 2.24) is 14.6 Å². The quantitative estimate of drug-likeness (QED) is 0.695. The molecule has 0 amide bonds. The van der Waals surface area contributed by atoms with Gasteiger partial charge in [-0.2, -0.15) is 0 Å². The normalized spacial score (nSPS) is 10.9. The van der Waals surface area contributed by atoms with E-state index in [4.69, 9.17) is 16.3 Å². The highest BCUT2D eigenvalue weighted by Crippen LogP contribution is 2.22. The maximum atomic E-state index is 10.9. The molecule has 22 heavy (non-hydrogen) atoms. The minimum atomic E-state index is -0.311. The molecule has 0 saturated carbocycles. The van der Waals surface area contributed by atoms with Crippen LogP contribution in [0.1, 0.15) is 18.1 Å². The molecule has 0 atom stereocenters. The molecule has 3 aromatic rings. The number of rotatable bonds is 3. The number of hydrogen-bond acceptors (Lipinski definition) is 4. The Morgan fingerprint density at radius 3 is 2.95 bits per heavy atom. The molecule has 5 nitrogen and oxygen atoms in total. The summed E-state index contributed by atoms with van der Waals surface area (Å²) in [5.41, 5.74) is 3.53. The molecule has 0 fully saturated rings. The van der Waals surface area contributed by atoms with E-state index in [1.54, 1.807) is 4.52 Å². The Kier molecular flexibility index (Phi) is 3.81. The van der Waals surface area contributed by atoms with E-state index >= 15 is 0 Å². The van der Waals surface area contributed by atoms with Gasteiger partial charge in [0.15, 0.2) is 11.0 Å². The zero-order valence-electron chi connectivity index (χ0n) is 12.2. The summed E-state index contributed by atoms with van der Waals surface area (Å²) in [6.45, 7) is 3.58. The summed E-state index contributed by atoms with van der Waals surface area (Å²) in [6, 6.07) is 9.47. The minimum absolute atomic E-state index is 0.224. The number of ether oxygens (including phenoxy) is 1. The van der Waals surface area contributed by atoms with Gasteiger partial charge >= 0.3 is 5.97 Å². The van der Waals surface area contributed by atoms with Crippen LogP contribution < -0.4 is 0 Å². The molecule has 0 N–H and O–H groups in total. The minimum Gasteiger partial charge on any atom is -0.461 e. The van der Waals surface area contributed by atoms with E-state index in [9.17, 15) is 4.79 Å². The van der Waals surface area contributed by atoms with Gasteiger partial charge in [-0.25, -0.2) is 9.50 Å². The zero-order valence-corrected chi connectivity index (χ0v) is 13.0. The molecule has 0 saturated heterocycles. The van der Waals surface area contributed by atoms with Crippen LogP contribution in [-0.4, -0.2) is 20.6 Å². The molecule has 2 aromatic heterocycles. The number of esters is 1. The Balaban J connectivity index is 2.00. The van der Waals surface area contributed by atoms with Crippen LogP contribution >= 0.6 is 11.6 Å². The monoisotopic (exact) mass is 315 g/mol. The lowest BCUT2D eigenvalue weighted by Crippen LogP contribution is -2.00. The van der Waals surface area contributed by atoms with Crippen LogP contribution in [-0.2, 0) is 16.1 Å². The average molecular weight is 316 g/mol. The lowest BCUT2D eigenvalue weighted by atomic mass is 10.1. The molecular formula is C16H14ClN3O2. The lowest BCUT2D eigenvalue weighted by Gasteiger charge is -2.06. The number of nitrogens with zero attached hydrogens (tertiary/aromatic N) is 3. The molecule has 1 aromatic carbocycles. The highest BCUT2D eigenvalue weighted by Gasteiger charge is 2.09. The van der Waals surface area contributed by atoms with E-state index < -0.39 is 0 Å². The summed E-state index contributed by atoms with van der Waals surface area (Å²) < 4.78 is 6.73. The molecule has 2 heterocycles. The Morgan fingerprint density at radius 2 is 2.18 bits per heavy atom. The van der Waals surface area contributed by atoms with Crippen LogP contribution in [0.15, 0.2) is 36.5 Å². The highest BCUT2D eigenvalue weighted by atomic mass is 35.5. The Labute approximate surface area is 132 Å². The van der Waals surface area contributed by atoms with E-state index in [-0.39, 0.29) is 12.6 Å². The first-order valence-electron chi connectivity index (χ1n) is 6.78. The van der Waals surface area contributed by atoms with E-state index in [0.717, 1.165) is 22.2 Å². The second-order valence-electron chi connectivity index (χ2n) is 5.05. The first kappa shape index (κ1) is 14.5. The molecule has 0 aliphatic heterocycles. The van der Waals surface area contributed by atoms with Crippen molar-refractivity contribution in [3.8, 4) is 11.4 Å². The fraction of sp³-hybridized carbons (Fsp3) is 0.188. The van der Waals surface area contributed by atoms with Gasteiger partial charge in [0.2, 0.25) is 0 Å². The van der Waals surface area contributed by atoms with Gasteiger partial charge in [0.1, 0.15) is 12.1 Å². The predicted octanol–water partition coefficient (Wildman–Crippen LogP) is 3.42. The van der Waals surface area contributed by atoms with Crippen LogP contribution in [0.3, 0.4) is 0 Å². The van der Waals surface area contributed by atoms with Crippen molar-refractivity contribution >= 4 is 23.1 Å². The fourth-order valence-electron chi connectivity index (χ4n) is 2.20. The summed E-state index contributed by atoms with van der Waals surface area (Å²) in [4.78, 5) is 15.2. The lowest BCUT2D eigenvalue weighted by molar-refractivity contribution is -0.142. The van der Waals surface area contributed by atoms with Gasteiger partial charge in [0.25, 0.3) is 0 Å². The standard InChI is InChI=1S/C16H14ClN3O2/c1-10-6-14-15(17)18-16(19-20(14)8-10)13-5-3-4-12(7-13)9-22-11(2)21/h3-8H,9H2,1-2H3. The number of carbonyl (C=O) groups excluding carboxylic acids is 1. The molecule has 0 unspecified atom stereocenters. The van der Waals surface area contributed by atoms with E-state index in [1.807, 2.05) is 43.5 Å². The van der Waals surface area contributed by atoms with Gasteiger partial charge < -0.3 is 4.74 Å². The molecule has 0 bridgehead atoms. The van der Waals surface area contributed by atoms with Crippen LogP contribution in [0, 0.1) is 6.92 Å². The molecule has 0 radical (unpaired) electrons. The number of aromatic nitrogens is 3. The molecule has 6 heteroatoms. The molecule has 0 aliphatic rings. The van der Waals surface area contributed by atoms with Crippen molar-refractivity contribution in [2.24, 2.45) is 0 Å². The summed E-state index contributed by atoms with van der Waals surface area (Å²) in [5.74, 6) is 0.215. The average Bonchev–Trinajstić information content (AvgIpc) is 2.86. The SMILES string of the molecule is CC(=O)OCc1cccc(-c2nc(Cl)c3cc(C)cn3n2)c1. The Bertz CT molecular complexity index is 858. The van der Waals surface area contributed by atoms with Crippen molar-refractivity contribution in [3.05, 3.63) is 52.8 Å². The summed E-state index contributed by atoms with van der Waals surface area (Å²) >= 11 is 6.23. The van der Waals surface area contributed by atoms with Crippen LogP contribution in [0.2, 0.25) is 5.15 Å². The van der Waals surface area contributed by atoms with Gasteiger partial charge in [-0.05, 0) is 30.2 Å². The van der Waals surface area contributed by atoms with Crippen molar-refractivity contribution in [3.63, 3.8) is 0 Å². The van der Waals surface area contributed by atoms with Gasteiger partial charge in [0, 0.05) is 18.7 Å². The van der Waals surface area contributed by atoms with Crippen LogP contribution in [0.5, 0.6) is 0 Å². The number of aryl methyl sites for hydroxylation is 1. The van der Waals surface area contributed by atoms with Crippen LogP contribution in [0.4, 0.5) is 0 Å². The summed E-state index contributed by atoms with van der Waals surface area (Å²) in [7, 11) is 0. The Morgan fingerprint density at radius 1 is 1.36 bits per heavy atom. The molecule has 0 spiro atoms. The van der Waals surface area contributed by atoms with Crippen molar-refractivity contribution in [1.29, 1.82) is 0 Å². The van der Waals surface area contributed by atoms with E-state index in [1.165, 1.54) is 6.92 Å². The van der Waals surface area contributed by atoms with E-state index in [2.05, 4.69) is 10.1 Å². The second-order valence-corrected chi connectivity index (χ2v) is 5.41. The summed E-state index contributed by atoms with van der Waals surface area (Å²) in [6.07, 6.45) is 1.90. The largest absolute Gasteiger partial charge is 0.461 e. The Hall–Kier alpha value is -2.40. The van der Waals surface area contributed by atoms with E-state index in [0.29, 0.717) is 11.0 Å². The first-order valence-corrected chi connectivity index (χ1v) is 7.16. The molecule has 112 valence electrons. The number of hydrogen-bond donors (Lipinski definition) is 0. The van der Waals surface area contributed by atoms with Crippen molar-refractivity contribution < 1.29 is 9.53 Å². The first-order chi connectivity index (χ1) is 10.5. The molecule has 0 aliphatic carbocycles. The maximum absolute atomic E-state index is 10.9. The summed E-state index contributed by atoms with van der Waals surface area (Å²) in [5, 5.41) is 4.88. The van der Waals surface area contributed by atoms with Crippen molar-refractivity contribution in [2.45, 2.75) is 20.5 Å². The number of fused-ring (bicyclic) bond motifs is 1. The third-order valence-corrected chi connectivity index (χ3v) is 3.46. The predicted molar refractivity (Wildman–Crippen MR) is 83.6 cm³/mol. The molecular weight excluding hydrogens is 302 g/mol. The second kappa shape index (κ2) is 5.77. The number of halogens is 1. The van der Waals surface area contributed by atoms with Gasteiger partial charge in [-0.1, -0.05) is 29.8 Å². The smallest absolute Gasteiger partial charge is 0.302 e. The fourth-order valence-corrected chi connectivity index (χ4v) is 2.42.